The molecule has 0 spiro atoms. The van der Waals surface area contributed by atoms with Crippen LogP contribution in [0.4, 0.5) is 0 Å². The Labute approximate surface area is 94.4 Å². The van der Waals surface area contributed by atoms with Gasteiger partial charge in [-0.1, -0.05) is 6.07 Å². The van der Waals surface area contributed by atoms with Crippen molar-refractivity contribution in [2.75, 3.05) is 0 Å². The third-order valence-corrected chi connectivity index (χ3v) is 3.73. The molecule has 0 unspecified atom stereocenters. The number of benzene rings is 1. The lowest BCUT2D eigenvalue weighted by atomic mass is 10.0. The van der Waals surface area contributed by atoms with Gasteiger partial charge >= 0.3 is 0 Å². The van der Waals surface area contributed by atoms with E-state index in [0.29, 0.717) is 0 Å². The second kappa shape index (κ2) is 4.55. The molecule has 0 saturated carbocycles. The Hall–Kier alpha value is 0.1000. The van der Waals surface area contributed by atoms with Crippen molar-refractivity contribution in [3.63, 3.8) is 0 Å². The van der Waals surface area contributed by atoms with E-state index >= 15 is 0 Å². The Morgan fingerprint density at radius 2 is 1.92 bits per heavy atom. The number of nitrogens with two attached hydrogens (primary N) is 1. The zero-order valence-electron chi connectivity index (χ0n) is 7.17. The first-order valence-corrected chi connectivity index (χ1v) is 5.49. The summed E-state index contributed by atoms with van der Waals surface area (Å²) in [4.78, 5) is 0. The summed E-state index contributed by atoms with van der Waals surface area (Å²) < 4.78 is 1.93. The van der Waals surface area contributed by atoms with Crippen LogP contribution in [0.5, 0.6) is 0 Å². The van der Waals surface area contributed by atoms with Crippen LogP contribution in [-0.2, 0) is 0 Å². The molecular weight excluding hydrogens is 298 g/mol. The Balaban J connectivity index is 2.97. The molecule has 3 N–H and O–H groups in total. The fourth-order valence-corrected chi connectivity index (χ4v) is 1.64. The molecule has 0 bridgehead atoms. The number of rotatable bonds is 2. The van der Waals surface area contributed by atoms with Gasteiger partial charge < -0.3 is 10.8 Å². The molecule has 0 fully saturated rings. The van der Waals surface area contributed by atoms with Crippen molar-refractivity contribution in [1.29, 1.82) is 0 Å². The zero-order valence-corrected chi connectivity index (χ0v) is 10.3. The first-order valence-electron chi connectivity index (χ1n) is 3.91. The van der Waals surface area contributed by atoms with E-state index in [4.69, 9.17) is 5.73 Å². The Bertz CT molecular complexity index is 302. The summed E-state index contributed by atoms with van der Waals surface area (Å²) in [5, 5.41) is 9.28. The van der Waals surface area contributed by atoms with Gasteiger partial charge in [0.15, 0.2) is 0 Å². The first kappa shape index (κ1) is 11.2. The number of hydrogen-bond acceptors (Lipinski definition) is 2. The van der Waals surface area contributed by atoms with Crippen molar-refractivity contribution >= 4 is 31.9 Å². The van der Waals surface area contributed by atoms with Crippen molar-refractivity contribution in [3.05, 3.63) is 32.7 Å². The highest BCUT2D eigenvalue weighted by molar-refractivity contribution is 9.13. The van der Waals surface area contributed by atoms with Gasteiger partial charge in [-0.25, -0.2) is 0 Å². The summed E-state index contributed by atoms with van der Waals surface area (Å²) in [6.45, 7) is 1.68. The highest BCUT2D eigenvalue weighted by Gasteiger charge is 2.12. The average Bonchev–Trinajstić information content (AvgIpc) is 2.08. The Kier molecular flexibility index (Phi) is 3.91. The van der Waals surface area contributed by atoms with E-state index in [9.17, 15) is 5.11 Å². The van der Waals surface area contributed by atoms with Crippen LogP contribution in [0, 0.1) is 0 Å². The molecule has 4 heteroatoms. The van der Waals surface area contributed by atoms with Crippen LogP contribution in [0.25, 0.3) is 0 Å². The standard InChI is InChI=1S/C9H11Br2NO/c1-5(13)9(12)6-2-3-7(10)8(11)4-6/h2-5,9,13H,12H2,1H3/t5-,9-/m1/s1. The molecule has 1 aromatic carbocycles. The molecule has 1 rings (SSSR count). The third kappa shape index (κ3) is 2.77. The summed E-state index contributed by atoms with van der Waals surface area (Å²) in [6, 6.07) is 5.37. The van der Waals surface area contributed by atoms with Crippen molar-refractivity contribution in [3.8, 4) is 0 Å². The van der Waals surface area contributed by atoms with Crippen molar-refractivity contribution < 1.29 is 5.11 Å². The molecule has 1 aromatic rings. The second-order valence-corrected chi connectivity index (χ2v) is 4.65. The van der Waals surface area contributed by atoms with Crippen molar-refractivity contribution in [2.24, 2.45) is 5.73 Å². The zero-order chi connectivity index (χ0) is 10.0. The van der Waals surface area contributed by atoms with Gasteiger partial charge in [-0.15, -0.1) is 0 Å². The smallest absolute Gasteiger partial charge is 0.0704 e. The van der Waals surface area contributed by atoms with Crippen molar-refractivity contribution in [2.45, 2.75) is 19.1 Å². The molecule has 0 saturated heterocycles. The molecule has 0 amide bonds. The van der Waals surface area contributed by atoms with Gasteiger partial charge in [-0.3, -0.25) is 0 Å². The Morgan fingerprint density at radius 3 is 2.38 bits per heavy atom. The maximum atomic E-state index is 9.28. The third-order valence-electron chi connectivity index (χ3n) is 1.85. The molecule has 0 radical (unpaired) electrons. The molecule has 0 aliphatic heterocycles. The van der Waals surface area contributed by atoms with Crippen LogP contribution >= 0.6 is 31.9 Å². The Morgan fingerprint density at radius 1 is 1.31 bits per heavy atom. The van der Waals surface area contributed by atoms with E-state index in [2.05, 4.69) is 31.9 Å². The van der Waals surface area contributed by atoms with E-state index < -0.39 is 6.10 Å². The molecule has 0 heterocycles. The molecule has 0 aliphatic rings. The maximum absolute atomic E-state index is 9.28. The highest BCUT2D eigenvalue weighted by Crippen LogP contribution is 2.26. The van der Waals surface area contributed by atoms with E-state index in [0.717, 1.165) is 14.5 Å². The van der Waals surface area contributed by atoms with Gasteiger partial charge in [-0.2, -0.15) is 0 Å². The molecule has 72 valence electrons. The first-order chi connectivity index (χ1) is 6.02. The predicted molar refractivity (Wildman–Crippen MR) is 60.5 cm³/mol. The fourth-order valence-electron chi connectivity index (χ4n) is 0.998. The number of halogens is 2. The molecule has 0 aliphatic carbocycles. The van der Waals surface area contributed by atoms with Crippen LogP contribution in [0.1, 0.15) is 18.5 Å². The number of aliphatic hydroxyl groups excluding tert-OH is 1. The van der Waals surface area contributed by atoms with Gasteiger partial charge in [-0.05, 0) is 56.5 Å². The molecular formula is C9H11Br2NO. The molecule has 0 aromatic heterocycles. The van der Waals surface area contributed by atoms with Crippen LogP contribution < -0.4 is 5.73 Å². The van der Waals surface area contributed by atoms with Crippen molar-refractivity contribution in [1.82, 2.24) is 0 Å². The topological polar surface area (TPSA) is 46.2 Å². The number of hydrogen-bond donors (Lipinski definition) is 2. The van der Waals surface area contributed by atoms with E-state index in [1.807, 2.05) is 18.2 Å². The highest BCUT2D eigenvalue weighted by atomic mass is 79.9. The molecule has 2 atom stereocenters. The predicted octanol–water partition coefficient (Wildman–Crippen LogP) is 2.59. The lowest BCUT2D eigenvalue weighted by molar-refractivity contribution is 0.164. The van der Waals surface area contributed by atoms with Gasteiger partial charge in [0, 0.05) is 8.95 Å². The maximum Gasteiger partial charge on any atom is 0.0704 e. The van der Waals surface area contributed by atoms with E-state index in [1.54, 1.807) is 6.92 Å². The monoisotopic (exact) mass is 307 g/mol. The quantitative estimate of drug-likeness (QED) is 0.882. The van der Waals surface area contributed by atoms with Gasteiger partial charge in [0.05, 0.1) is 12.1 Å². The summed E-state index contributed by atoms with van der Waals surface area (Å²) >= 11 is 6.74. The minimum absolute atomic E-state index is 0.329. The summed E-state index contributed by atoms with van der Waals surface area (Å²) in [5.41, 5.74) is 6.69. The minimum atomic E-state index is -0.534. The lowest BCUT2D eigenvalue weighted by Gasteiger charge is -2.15. The van der Waals surface area contributed by atoms with Crippen LogP contribution in [0.3, 0.4) is 0 Å². The number of aliphatic hydroxyl groups is 1. The van der Waals surface area contributed by atoms with Crippen LogP contribution in [-0.4, -0.2) is 11.2 Å². The van der Waals surface area contributed by atoms with Gasteiger partial charge in [0.25, 0.3) is 0 Å². The van der Waals surface area contributed by atoms with Crippen LogP contribution in [0.2, 0.25) is 0 Å². The largest absolute Gasteiger partial charge is 0.391 e. The second-order valence-electron chi connectivity index (χ2n) is 2.94. The normalized spacial score (nSPS) is 15.5. The van der Waals surface area contributed by atoms with Crippen LogP contribution in [0.15, 0.2) is 27.1 Å². The average molecular weight is 309 g/mol. The van der Waals surface area contributed by atoms with Gasteiger partial charge in [0.1, 0.15) is 0 Å². The molecule has 13 heavy (non-hydrogen) atoms. The summed E-state index contributed by atoms with van der Waals surface area (Å²) in [7, 11) is 0. The lowest BCUT2D eigenvalue weighted by Crippen LogP contribution is -2.23. The van der Waals surface area contributed by atoms with E-state index in [1.165, 1.54) is 0 Å². The summed E-state index contributed by atoms with van der Waals surface area (Å²) in [5.74, 6) is 0. The minimum Gasteiger partial charge on any atom is -0.391 e. The SMILES string of the molecule is C[C@@H](O)[C@@H](N)c1ccc(Br)c(Br)c1. The summed E-state index contributed by atoms with van der Waals surface area (Å²) in [6.07, 6.45) is -0.534. The van der Waals surface area contributed by atoms with E-state index in [-0.39, 0.29) is 6.04 Å². The molecule has 2 nitrogen and oxygen atoms in total. The van der Waals surface area contributed by atoms with Gasteiger partial charge in [0.2, 0.25) is 0 Å². The fraction of sp³-hybridized carbons (Fsp3) is 0.333.